The molecule has 0 aliphatic carbocycles. The van der Waals surface area contributed by atoms with Crippen molar-refractivity contribution in [2.24, 2.45) is 0 Å². The molecule has 0 aliphatic rings. The molecule has 1 N–H and O–H groups in total. The van der Waals surface area contributed by atoms with E-state index in [2.05, 4.69) is 15.5 Å². The van der Waals surface area contributed by atoms with Crippen LogP contribution in [0.25, 0.3) is 5.69 Å². The summed E-state index contributed by atoms with van der Waals surface area (Å²) in [6.07, 6.45) is 2.37. The molecule has 0 spiro atoms. The Labute approximate surface area is 128 Å². The van der Waals surface area contributed by atoms with Crippen LogP contribution >= 0.6 is 0 Å². The standard InChI is InChI=1S/C17H16N4O/c22-17(14-7-3-1-4-8-14)18-12-11-15-13-19-21(20-15)16-9-5-2-6-10-16/h1-10,13H,11-12H2,(H,18,22). The van der Waals surface area contributed by atoms with Crippen LogP contribution in [0.5, 0.6) is 0 Å². The maximum absolute atomic E-state index is 11.9. The van der Waals surface area contributed by atoms with Gasteiger partial charge in [0.15, 0.2) is 0 Å². The number of amides is 1. The third-order valence-corrected chi connectivity index (χ3v) is 3.23. The monoisotopic (exact) mass is 292 g/mol. The van der Waals surface area contributed by atoms with E-state index in [4.69, 9.17) is 0 Å². The molecule has 3 rings (SSSR count). The van der Waals surface area contributed by atoms with Gasteiger partial charge in [0.05, 0.1) is 17.6 Å². The molecular weight excluding hydrogens is 276 g/mol. The van der Waals surface area contributed by atoms with Gasteiger partial charge in [-0.2, -0.15) is 15.0 Å². The quantitative estimate of drug-likeness (QED) is 0.784. The zero-order chi connectivity index (χ0) is 15.2. The first-order chi connectivity index (χ1) is 10.8. The fraction of sp³-hybridized carbons (Fsp3) is 0.118. The Hall–Kier alpha value is -2.95. The second kappa shape index (κ2) is 6.67. The van der Waals surface area contributed by atoms with Gasteiger partial charge in [0, 0.05) is 18.5 Å². The van der Waals surface area contributed by atoms with Crippen LogP contribution in [0.15, 0.2) is 66.9 Å². The molecule has 110 valence electrons. The van der Waals surface area contributed by atoms with Crippen LogP contribution in [-0.4, -0.2) is 27.4 Å². The minimum atomic E-state index is -0.0731. The van der Waals surface area contributed by atoms with Crippen LogP contribution in [0.2, 0.25) is 0 Å². The van der Waals surface area contributed by atoms with E-state index in [1.807, 2.05) is 48.5 Å². The molecule has 5 heteroatoms. The molecule has 0 saturated carbocycles. The van der Waals surface area contributed by atoms with E-state index in [9.17, 15) is 4.79 Å². The van der Waals surface area contributed by atoms with E-state index in [-0.39, 0.29) is 5.91 Å². The highest BCUT2D eigenvalue weighted by atomic mass is 16.1. The van der Waals surface area contributed by atoms with Gasteiger partial charge < -0.3 is 5.32 Å². The van der Waals surface area contributed by atoms with E-state index in [1.54, 1.807) is 23.1 Å². The van der Waals surface area contributed by atoms with E-state index in [1.165, 1.54) is 0 Å². The summed E-state index contributed by atoms with van der Waals surface area (Å²) in [6, 6.07) is 18.9. The Bertz CT molecular complexity index is 738. The predicted molar refractivity (Wildman–Crippen MR) is 83.8 cm³/mol. The fourth-order valence-corrected chi connectivity index (χ4v) is 2.09. The Balaban J connectivity index is 1.55. The minimum absolute atomic E-state index is 0.0731. The zero-order valence-corrected chi connectivity index (χ0v) is 12.0. The molecular formula is C17H16N4O. The van der Waals surface area contributed by atoms with Crippen molar-refractivity contribution in [3.8, 4) is 5.69 Å². The summed E-state index contributed by atoms with van der Waals surface area (Å²) in [4.78, 5) is 13.5. The third kappa shape index (κ3) is 3.38. The van der Waals surface area contributed by atoms with Crippen LogP contribution < -0.4 is 5.32 Å². The molecule has 0 aliphatic heterocycles. The molecule has 0 radical (unpaired) electrons. The fourth-order valence-electron chi connectivity index (χ4n) is 2.09. The van der Waals surface area contributed by atoms with Gasteiger partial charge in [0.2, 0.25) is 0 Å². The molecule has 3 aromatic rings. The number of nitrogens with one attached hydrogen (secondary N) is 1. The van der Waals surface area contributed by atoms with Crippen LogP contribution in [0.3, 0.4) is 0 Å². The predicted octanol–water partition coefficient (Wildman–Crippen LogP) is 2.24. The molecule has 1 amide bonds. The summed E-state index contributed by atoms with van der Waals surface area (Å²) in [5, 5.41) is 11.5. The minimum Gasteiger partial charge on any atom is -0.352 e. The second-order valence-electron chi connectivity index (χ2n) is 4.83. The van der Waals surface area contributed by atoms with E-state index in [0.717, 1.165) is 11.4 Å². The summed E-state index contributed by atoms with van der Waals surface area (Å²) in [7, 11) is 0. The second-order valence-corrected chi connectivity index (χ2v) is 4.83. The lowest BCUT2D eigenvalue weighted by Crippen LogP contribution is -2.25. The molecule has 0 unspecified atom stereocenters. The molecule has 1 aromatic heterocycles. The maximum atomic E-state index is 11.9. The number of rotatable bonds is 5. The normalized spacial score (nSPS) is 10.4. The molecule has 0 saturated heterocycles. The van der Waals surface area contributed by atoms with Gasteiger partial charge >= 0.3 is 0 Å². The Morgan fingerprint density at radius 1 is 1.00 bits per heavy atom. The van der Waals surface area contributed by atoms with Crippen molar-refractivity contribution in [3.05, 3.63) is 78.1 Å². The van der Waals surface area contributed by atoms with Crippen LogP contribution in [0.4, 0.5) is 0 Å². The first kappa shape index (κ1) is 14.0. The summed E-state index contributed by atoms with van der Waals surface area (Å²) in [5.74, 6) is -0.0731. The maximum Gasteiger partial charge on any atom is 0.251 e. The average molecular weight is 292 g/mol. The first-order valence-electron chi connectivity index (χ1n) is 7.13. The summed E-state index contributed by atoms with van der Waals surface area (Å²) >= 11 is 0. The van der Waals surface area contributed by atoms with Crippen molar-refractivity contribution in [3.63, 3.8) is 0 Å². The Morgan fingerprint density at radius 2 is 1.68 bits per heavy atom. The van der Waals surface area contributed by atoms with Gasteiger partial charge in [0.1, 0.15) is 0 Å². The van der Waals surface area contributed by atoms with E-state index >= 15 is 0 Å². The number of aromatic nitrogens is 3. The number of hydrogen-bond acceptors (Lipinski definition) is 3. The van der Waals surface area contributed by atoms with Crippen molar-refractivity contribution in [2.45, 2.75) is 6.42 Å². The van der Waals surface area contributed by atoms with Crippen LogP contribution in [-0.2, 0) is 6.42 Å². The molecule has 0 bridgehead atoms. The number of benzene rings is 2. The van der Waals surface area contributed by atoms with Gasteiger partial charge in [-0.15, -0.1) is 0 Å². The highest BCUT2D eigenvalue weighted by Crippen LogP contribution is 2.04. The SMILES string of the molecule is O=C(NCCc1cnn(-c2ccccc2)n1)c1ccccc1. The van der Waals surface area contributed by atoms with Gasteiger partial charge in [-0.25, -0.2) is 0 Å². The van der Waals surface area contributed by atoms with Gasteiger partial charge in [-0.05, 0) is 24.3 Å². The number of hydrogen-bond donors (Lipinski definition) is 1. The molecule has 22 heavy (non-hydrogen) atoms. The van der Waals surface area contributed by atoms with Crippen molar-refractivity contribution < 1.29 is 4.79 Å². The van der Waals surface area contributed by atoms with Crippen LogP contribution in [0.1, 0.15) is 16.1 Å². The number of carbonyl (C=O) groups is 1. The highest BCUT2D eigenvalue weighted by Gasteiger charge is 2.05. The smallest absolute Gasteiger partial charge is 0.251 e. The van der Waals surface area contributed by atoms with Crippen molar-refractivity contribution >= 4 is 5.91 Å². The topological polar surface area (TPSA) is 59.8 Å². The third-order valence-electron chi connectivity index (χ3n) is 3.23. The number of nitrogens with zero attached hydrogens (tertiary/aromatic N) is 3. The highest BCUT2D eigenvalue weighted by molar-refractivity contribution is 5.94. The lowest BCUT2D eigenvalue weighted by atomic mass is 10.2. The molecule has 5 nitrogen and oxygen atoms in total. The number of carbonyl (C=O) groups excluding carboxylic acids is 1. The van der Waals surface area contributed by atoms with Crippen LogP contribution in [0, 0.1) is 0 Å². The molecule has 1 heterocycles. The summed E-state index contributed by atoms with van der Waals surface area (Å²) in [5.41, 5.74) is 2.43. The van der Waals surface area contributed by atoms with Crippen molar-refractivity contribution in [1.29, 1.82) is 0 Å². The average Bonchev–Trinajstić information content (AvgIpc) is 3.05. The zero-order valence-electron chi connectivity index (χ0n) is 12.0. The lowest BCUT2D eigenvalue weighted by molar-refractivity contribution is 0.0954. The van der Waals surface area contributed by atoms with E-state index < -0.39 is 0 Å². The summed E-state index contributed by atoms with van der Waals surface area (Å²) in [6.45, 7) is 0.529. The Morgan fingerprint density at radius 3 is 2.41 bits per heavy atom. The van der Waals surface area contributed by atoms with Crippen molar-refractivity contribution in [2.75, 3.05) is 6.54 Å². The van der Waals surface area contributed by atoms with Gasteiger partial charge in [0.25, 0.3) is 5.91 Å². The molecule has 2 aromatic carbocycles. The number of para-hydroxylation sites is 1. The molecule has 0 atom stereocenters. The van der Waals surface area contributed by atoms with Crippen molar-refractivity contribution in [1.82, 2.24) is 20.3 Å². The summed E-state index contributed by atoms with van der Waals surface area (Å²) < 4.78 is 0. The largest absolute Gasteiger partial charge is 0.352 e. The first-order valence-corrected chi connectivity index (χ1v) is 7.13. The Kier molecular flexibility index (Phi) is 4.25. The van der Waals surface area contributed by atoms with E-state index in [0.29, 0.717) is 18.5 Å². The lowest BCUT2D eigenvalue weighted by Gasteiger charge is -2.03. The van der Waals surface area contributed by atoms with Gasteiger partial charge in [-0.3, -0.25) is 4.79 Å². The van der Waals surface area contributed by atoms with Gasteiger partial charge in [-0.1, -0.05) is 36.4 Å². The molecule has 0 fully saturated rings.